The molecule has 1 atom stereocenters. The minimum atomic E-state index is 0.0154. The van der Waals surface area contributed by atoms with Crippen molar-refractivity contribution in [3.63, 3.8) is 0 Å². The Morgan fingerprint density at radius 2 is 2.00 bits per heavy atom. The molecule has 1 unspecified atom stereocenters. The van der Waals surface area contributed by atoms with Crippen molar-refractivity contribution in [2.45, 2.75) is 33.2 Å². The number of hydrazine groups is 1. The minimum absolute atomic E-state index is 0.0154. The molecule has 2 rings (SSSR count). The van der Waals surface area contributed by atoms with Gasteiger partial charge < -0.3 is 0 Å². The molecule has 0 radical (unpaired) electrons. The largest absolute Gasteiger partial charge is 0.271 e. The molecule has 0 saturated carbocycles. The van der Waals surface area contributed by atoms with Crippen molar-refractivity contribution in [1.29, 1.82) is 0 Å². The molecule has 1 heterocycles. The van der Waals surface area contributed by atoms with Crippen LogP contribution in [-0.4, -0.2) is 9.78 Å². The molecule has 108 valence electrons. The number of rotatable bonds is 4. The highest BCUT2D eigenvalue weighted by atomic mass is 35.5. The Morgan fingerprint density at radius 1 is 1.30 bits per heavy atom. The van der Waals surface area contributed by atoms with Crippen molar-refractivity contribution in [2.75, 3.05) is 0 Å². The molecule has 0 fully saturated rings. The van der Waals surface area contributed by atoms with E-state index in [1.165, 1.54) is 11.1 Å². The van der Waals surface area contributed by atoms with Crippen LogP contribution in [0.25, 0.3) is 0 Å². The van der Waals surface area contributed by atoms with Gasteiger partial charge in [-0.2, -0.15) is 5.10 Å². The summed E-state index contributed by atoms with van der Waals surface area (Å²) in [5.41, 5.74) is 8.41. The van der Waals surface area contributed by atoms with Gasteiger partial charge in [-0.3, -0.25) is 16.0 Å². The summed E-state index contributed by atoms with van der Waals surface area (Å²) in [5, 5.41) is 5.06. The van der Waals surface area contributed by atoms with Crippen molar-refractivity contribution in [1.82, 2.24) is 15.2 Å². The second kappa shape index (κ2) is 5.95. The molecule has 20 heavy (non-hydrogen) atoms. The SMILES string of the molecule is Cc1ccc(C(Cc2c(Cl)c(C)nn2C)NN)cc1C. The first-order valence-corrected chi connectivity index (χ1v) is 7.03. The van der Waals surface area contributed by atoms with Crippen LogP contribution in [-0.2, 0) is 13.5 Å². The predicted octanol–water partition coefficient (Wildman–Crippen LogP) is 2.75. The Hall–Kier alpha value is -1.36. The average molecular weight is 293 g/mol. The predicted molar refractivity (Wildman–Crippen MR) is 82.6 cm³/mol. The molecule has 4 nitrogen and oxygen atoms in total. The monoisotopic (exact) mass is 292 g/mol. The maximum atomic E-state index is 6.31. The summed E-state index contributed by atoms with van der Waals surface area (Å²) in [6.07, 6.45) is 0.704. The Morgan fingerprint density at radius 3 is 2.50 bits per heavy atom. The van der Waals surface area contributed by atoms with Crippen molar-refractivity contribution < 1.29 is 0 Å². The lowest BCUT2D eigenvalue weighted by molar-refractivity contribution is 0.529. The highest BCUT2D eigenvalue weighted by Crippen LogP contribution is 2.26. The smallest absolute Gasteiger partial charge is 0.0847 e. The van der Waals surface area contributed by atoms with Gasteiger partial charge in [-0.05, 0) is 37.5 Å². The number of aryl methyl sites for hydroxylation is 4. The van der Waals surface area contributed by atoms with Gasteiger partial charge in [-0.15, -0.1) is 0 Å². The van der Waals surface area contributed by atoms with Crippen LogP contribution >= 0.6 is 11.6 Å². The lowest BCUT2D eigenvalue weighted by Gasteiger charge is -2.18. The molecule has 1 aromatic carbocycles. The second-order valence-corrected chi connectivity index (χ2v) is 5.61. The number of hydrogen-bond acceptors (Lipinski definition) is 3. The summed E-state index contributed by atoms with van der Waals surface area (Å²) < 4.78 is 1.82. The zero-order chi connectivity index (χ0) is 14.9. The van der Waals surface area contributed by atoms with Gasteiger partial charge >= 0.3 is 0 Å². The third-order valence-electron chi connectivity index (χ3n) is 3.79. The van der Waals surface area contributed by atoms with E-state index in [4.69, 9.17) is 17.4 Å². The highest BCUT2D eigenvalue weighted by molar-refractivity contribution is 6.31. The van der Waals surface area contributed by atoms with Gasteiger partial charge in [0.15, 0.2) is 0 Å². The van der Waals surface area contributed by atoms with E-state index in [2.05, 4.69) is 42.6 Å². The second-order valence-electron chi connectivity index (χ2n) is 5.24. The quantitative estimate of drug-likeness (QED) is 0.673. The molecular weight excluding hydrogens is 272 g/mol. The van der Waals surface area contributed by atoms with E-state index in [9.17, 15) is 0 Å². The summed E-state index contributed by atoms with van der Waals surface area (Å²) in [6, 6.07) is 6.40. The van der Waals surface area contributed by atoms with Gasteiger partial charge in [-0.1, -0.05) is 29.8 Å². The first-order valence-electron chi connectivity index (χ1n) is 6.65. The van der Waals surface area contributed by atoms with Crippen LogP contribution in [0.2, 0.25) is 5.02 Å². The standard InChI is InChI=1S/C15H21ClN4/c1-9-5-6-12(7-10(9)2)13(18-17)8-14-15(16)11(3)19-20(14)4/h5-7,13,18H,8,17H2,1-4H3. The van der Waals surface area contributed by atoms with Crippen LogP contribution in [0.1, 0.15) is 34.1 Å². The van der Waals surface area contributed by atoms with Crippen LogP contribution in [0.15, 0.2) is 18.2 Å². The fraction of sp³-hybridized carbons (Fsp3) is 0.400. The summed E-state index contributed by atoms with van der Waals surface area (Å²) in [4.78, 5) is 0. The molecule has 0 amide bonds. The van der Waals surface area contributed by atoms with Gasteiger partial charge in [0.1, 0.15) is 0 Å². The van der Waals surface area contributed by atoms with Crippen molar-refractivity contribution in [3.8, 4) is 0 Å². The molecule has 0 saturated heterocycles. The third-order valence-corrected chi connectivity index (χ3v) is 4.29. The Labute approximate surface area is 124 Å². The molecule has 5 heteroatoms. The summed E-state index contributed by atoms with van der Waals surface area (Å²) >= 11 is 6.31. The maximum absolute atomic E-state index is 6.31. The van der Waals surface area contributed by atoms with Crippen LogP contribution < -0.4 is 11.3 Å². The molecule has 0 aliphatic carbocycles. The number of halogens is 1. The number of aromatic nitrogens is 2. The van der Waals surface area contributed by atoms with E-state index in [-0.39, 0.29) is 6.04 Å². The van der Waals surface area contributed by atoms with Gasteiger partial charge in [0.2, 0.25) is 0 Å². The van der Waals surface area contributed by atoms with E-state index in [1.54, 1.807) is 0 Å². The molecule has 0 aliphatic heterocycles. The number of nitrogens with zero attached hydrogens (tertiary/aromatic N) is 2. The van der Waals surface area contributed by atoms with Gasteiger partial charge in [0, 0.05) is 13.5 Å². The highest BCUT2D eigenvalue weighted by Gasteiger charge is 2.18. The Bertz CT molecular complexity index is 619. The van der Waals surface area contributed by atoms with Crippen molar-refractivity contribution in [3.05, 3.63) is 51.3 Å². The van der Waals surface area contributed by atoms with Gasteiger partial charge in [-0.25, -0.2) is 0 Å². The van der Waals surface area contributed by atoms with E-state index in [1.807, 2.05) is 18.7 Å². The number of benzene rings is 1. The zero-order valence-electron chi connectivity index (χ0n) is 12.4. The number of nitrogens with one attached hydrogen (secondary N) is 1. The van der Waals surface area contributed by atoms with E-state index in [0.29, 0.717) is 6.42 Å². The maximum Gasteiger partial charge on any atom is 0.0847 e. The molecule has 1 aromatic heterocycles. The van der Waals surface area contributed by atoms with Crippen LogP contribution in [0, 0.1) is 20.8 Å². The van der Waals surface area contributed by atoms with Gasteiger partial charge in [0.05, 0.1) is 22.5 Å². The molecule has 0 spiro atoms. The normalized spacial score (nSPS) is 12.7. The van der Waals surface area contributed by atoms with Crippen LogP contribution in [0.3, 0.4) is 0 Å². The van der Waals surface area contributed by atoms with E-state index >= 15 is 0 Å². The lowest BCUT2D eigenvalue weighted by atomic mass is 9.98. The first kappa shape index (κ1) is 15.0. The first-order chi connectivity index (χ1) is 9.43. The van der Waals surface area contributed by atoms with Gasteiger partial charge in [0.25, 0.3) is 0 Å². The topological polar surface area (TPSA) is 55.9 Å². The Balaban J connectivity index is 2.31. The lowest BCUT2D eigenvalue weighted by Crippen LogP contribution is -2.30. The zero-order valence-corrected chi connectivity index (χ0v) is 13.1. The summed E-state index contributed by atoms with van der Waals surface area (Å²) in [5.74, 6) is 5.72. The fourth-order valence-electron chi connectivity index (χ4n) is 2.35. The molecule has 2 aromatic rings. The minimum Gasteiger partial charge on any atom is -0.271 e. The van der Waals surface area contributed by atoms with Crippen molar-refractivity contribution in [2.24, 2.45) is 12.9 Å². The molecule has 0 bridgehead atoms. The summed E-state index contributed by atoms with van der Waals surface area (Å²) in [6.45, 7) is 6.12. The number of hydrogen-bond donors (Lipinski definition) is 2. The van der Waals surface area contributed by atoms with Crippen LogP contribution in [0.4, 0.5) is 0 Å². The third kappa shape index (κ3) is 2.87. The molecular formula is C15H21ClN4. The average Bonchev–Trinajstić information content (AvgIpc) is 2.65. The summed E-state index contributed by atoms with van der Waals surface area (Å²) in [7, 11) is 1.90. The number of nitrogens with two attached hydrogens (primary N) is 1. The Kier molecular flexibility index (Phi) is 4.48. The molecule has 3 N–H and O–H groups in total. The van der Waals surface area contributed by atoms with E-state index in [0.717, 1.165) is 22.0 Å². The molecule has 0 aliphatic rings. The van der Waals surface area contributed by atoms with Crippen molar-refractivity contribution >= 4 is 11.6 Å². The van der Waals surface area contributed by atoms with E-state index < -0.39 is 0 Å². The van der Waals surface area contributed by atoms with Crippen LogP contribution in [0.5, 0.6) is 0 Å². The fourth-order valence-corrected chi connectivity index (χ4v) is 2.59.